The van der Waals surface area contributed by atoms with Crippen molar-refractivity contribution < 1.29 is 31.8 Å². The number of allylic oxidation sites excluding steroid dienone is 8. The average Bonchev–Trinajstić information content (AvgIpc) is 3.53. The number of anilines is 1. The first-order valence-corrected chi connectivity index (χ1v) is 20.6. The molecule has 0 fully saturated rings. The van der Waals surface area contributed by atoms with Gasteiger partial charge in [-0.3, -0.25) is 8.74 Å². The van der Waals surface area contributed by atoms with Crippen LogP contribution in [0.25, 0.3) is 21.5 Å². The summed E-state index contributed by atoms with van der Waals surface area (Å²) >= 11 is 8.61. The van der Waals surface area contributed by atoms with Gasteiger partial charge in [-0.25, -0.2) is 4.89 Å². The number of hydrogen-bond donors (Lipinski definition) is 2. The van der Waals surface area contributed by atoms with E-state index in [4.69, 9.17) is 20.7 Å². The van der Waals surface area contributed by atoms with Crippen LogP contribution in [0.3, 0.4) is 0 Å². The Bertz CT molecular complexity index is 2290. The molecule has 1 atom stereocenters. The summed E-state index contributed by atoms with van der Waals surface area (Å²) in [7, 11) is 0. The van der Waals surface area contributed by atoms with Crippen LogP contribution in [0.2, 0.25) is 0 Å². The summed E-state index contributed by atoms with van der Waals surface area (Å²) in [6, 6.07) is 25.9. The fourth-order valence-electron chi connectivity index (χ4n) is 8.81. The predicted octanol–water partition coefficient (Wildman–Crippen LogP) is 10.9. The van der Waals surface area contributed by atoms with Crippen LogP contribution in [-0.2, 0) is 40.6 Å². The molecule has 4 aromatic carbocycles. The van der Waals surface area contributed by atoms with Crippen LogP contribution in [0.1, 0.15) is 70.9 Å². The van der Waals surface area contributed by atoms with E-state index in [-0.39, 0.29) is 17.4 Å². The average molecular weight is 800 g/mol. The van der Waals surface area contributed by atoms with Crippen LogP contribution >= 0.6 is 24.5 Å². The van der Waals surface area contributed by atoms with E-state index in [1.54, 1.807) is 0 Å². The SMILES string of the molecule is CC1(C)C(/C=C/C2=C(Cl)C(=C/C=C3/N(CCCOS(=O)O)c4ccc5ccccc5c4C3(C)C)/CCC2)=[N+](CCCOOOS)c2ccc3ccccc3c21. The van der Waals surface area contributed by atoms with Crippen molar-refractivity contribution in [1.29, 1.82) is 0 Å². The number of halogens is 1. The van der Waals surface area contributed by atoms with Gasteiger partial charge in [-0.05, 0) is 96.0 Å². The molecule has 0 spiro atoms. The topological polar surface area (TPSA) is 80.5 Å². The summed E-state index contributed by atoms with van der Waals surface area (Å²) in [4.78, 5) is 7.44. The zero-order chi connectivity index (χ0) is 38.7. The van der Waals surface area contributed by atoms with Crippen molar-refractivity contribution >= 4 is 74.5 Å². The number of thiol groups is 1. The third kappa shape index (κ3) is 7.89. The second-order valence-electron chi connectivity index (χ2n) is 15.3. The van der Waals surface area contributed by atoms with E-state index < -0.39 is 11.4 Å². The molecule has 0 radical (unpaired) electrons. The van der Waals surface area contributed by atoms with Gasteiger partial charge >= 0.3 is 11.4 Å². The third-order valence-corrected chi connectivity index (χ3v) is 12.2. The Hall–Kier alpha value is -3.58. The molecule has 288 valence electrons. The van der Waals surface area contributed by atoms with E-state index in [9.17, 15) is 8.76 Å². The van der Waals surface area contributed by atoms with Crippen LogP contribution < -0.4 is 4.90 Å². The lowest BCUT2D eigenvalue weighted by molar-refractivity contribution is -0.471. The monoisotopic (exact) mass is 799 g/mol. The zero-order valence-corrected chi connectivity index (χ0v) is 34.2. The van der Waals surface area contributed by atoms with Gasteiger partial charge in [0.25, 0.3) is 0 Å². The Kier molecular flexibility index (Phi) is 12.2. The van der Waals surface area contributed by atoms with Crippen molar-refractivity contribution in [3.8, 4) is 0 Å². The minimum atomic E-state index is -2.29. The summed E-state index contributed by atoms with van der Waals surface area (Å²) < 4.78 is 32.1. The van der Waals surface area contributed by atoms with Gasteiger partial charge in [0.2, 0.25) is 5.69 Å². The van der Waals surface area contributed by atoms with Gasteiger partial charge in [-0.15, -0.1) is 4.33 Å². The normalized spacial score (nSPS) is 19.8. The fraction of sp³-hybridized carbons (Fsp3) is 0.341. The molecule has 3 aliphatic rings. The molecule has 11 heteroatoms. The van der Waals surface area contributed by atoms with Gasteiger partial charge in [-0.2, -0.15) is 8.78 Å². The minimum absolute atomic E-state index is 0.184. The Morgan fingerprint density at radius 2 is 1.58 bits per heavy atom. The largest absolute Gasteiger partial charge is 0.344 e. The molecular formula is C44H48ClN2O6S2+. The van der Waals surface area contributed by atoms with Gasteiger partial charge in [0.05, 0.1) is 18.6 Å². The fourth-order valence-corrected chi connectivity index (χ4v) is 9.43. The molecule has 1 unspecified atom stereocenters. The van der Waals surface area contributed by atoms with Crippen LogP contribution in [-0.4, -0.2) is 45.4 Å². The Morgan fingerprint density at radius 1 is 0.873 bits per heavy atom. The van der Waals surface area contributed by atoms with Crippen molar-refractivity contribution in [3.05, 3.63) is 130 Å². The molecule has 8 nitrogen and oxygen atoms in total. The maximum absolute atomic E-state index is 11.2. The number of fused-ring (bicyclic) bond motifs is 6. The summed E-state index contributed by atoms with van der Waals surface area (Å²) in [6.07, 6.45) is 13.0. The molecule has 4 aromatic rings. The first kappa shape index (κ1) is 39.6. The number of hydrogen-bond acceptors (Lipinski definition) is 7. The van der Waals surface area contributed by atoms with E-state index in [1.807, 2.05) is 0 Å². The van der Waals surface area contributed by atoms with E-state index >= 15 is 0 Å². The highest BCUT2D eigenvalue weighted by Gasteiger charge is 2.45. The van der Waals surface area contributed by atoms with Crippen molar-refractivity contribution in [2.45, 2.75) is 70.6 Å². The molecule has 0 amide bonds. The maximum atomic E-state index is 11.2. The summed E-state index contributed by atoms with van der Waals surface area (Å²) in [5.41, 5.74) is 8.95. The molecule has 0 aromatic heterocycles. The molecule has 2 heterocycles. The Morgan fingerprint density at radius 3 is 2.31 bits per heavy atom. The summed E-state index contributed by atoms with van der Waals surface area (Å²) in [6.45, 7) is 11.0. The summed E-state index contributed by atoms with van der Waals surface area (Å²) in [5.74, 6) is 0. The quantitative estimate of drug-likeness (QED) is 0.0250. The predicted molar refractivity (Wildman–Crippen MR) is 226 cm³/mol. The van der Waals surface area contributed by atoms with E-state index in [1.165, 1.54) is 44.1 Å². The van der Waals surface area contributed by atoms with Crippen molar-refractivity contribution in [2.24, 2.45) is 0 Å². The van der Waals surface area contributed by atoms with Crippen LogP contribution in [0.4, 0.5) is 11.4 Å². The van der Waals surface area contributed by atoms with Crippen LogP contribution in [0, 0.1) is 0 Å². The maximum Gasteiger partial charge on any atom is 0.301 e. The van der Waals surface area contributed by atoms with E-state index in [2.05, 4.69) is 157 Å². The van der Waals surface area contributed by atoms with Crippen LogP contribution in [0.15, 0.2) is 119 Å². The molecule has 55 heavy (non-hydrogen) atoms. The smallest absolute Gasteiger partial charge is 0.301 e. The molecular weight excluding hydrogens is 752 g/mol. The van der Waals surface area contributed by atoms with Gasteiger partial charge in [0, 0.05) is 65.4 Å². The zero-order valence-electron chi connectivity index (χ0n) is 31.7. The number of benzene rings is 4. The lowest BCUT2D eigenvalue weighted by atomic mass is 9.78. The number of nitrogens with zero attached hydrogens (tertiary/aromatic N) is 2. The molecule has 0 saturated carbocycles. The highest BCUT2D eigenvalue weighted by molar-refractivity contribution is 7.75. The third-order valence-electron chi connectivity index (χ3n) is 11.2. The van der Waals surface area contributed by atoms with Crippen LogP contribution in [0.5, 0.6) is 0 Å². The molecule has 0 bridgehead atoms. The lowest BCUT2D eigenvalue weighted by Crippen LogP contribution is -2.28. The van der Waals surface area contributed by atoms with Crippen molar-refractivity contribution in [2.75, 3.05) is 31.2 Å². The van der Waals surface area contributed by atoms with Gasteiger partial charge < -0.3 is 4.90 Å². The van der Waals surface area contributed by atoms with E-state index in [0.29, 0.717) is 26.0 Å². The highest BCUT2D eigenvalue weighted by atomic mass is 35.5. The van der Waals surface area contributed by atoms with E-state index in [0.717, 1.165) is 53.4 Å². The number of rotatable bonds is 14. The molecule has 0 saturated heterocycles. The van der Waals surface area contributed by atoms with Gasteiger partial charge in [0.15, 0.2) is 12.3 Å². The molecule has 1 aliphatic carbocycles. The first-order chi connectivity index (χ1) is 26.5. The molecule has 7 rings (SSSR count). The van der Waals surface area contributed by atoms with Crippen molar-refractivity contribution in [1.82, 2.24) is 0 Å². The Balaban J connectivity index is 1.23. The second kappa shape index (κ2) is 16.9. The Labute approximate surface area is 336 Å². The first-order valence-electron chi connectivity index (χ1n) is 18.8. The standard InChI is InChI=1S/C44H47ClN2O6S2/c1-43(2)38(46(26-10-28-50-52-53-54)36-22-18-30-12-5-7-16-34(30)40(36)43)24-20-32-14-9-15-33(42(32)45)21-25-39-44(3,4)41-35-17-8-6-13-31(35)19-23-37(41)47(39)27-11-29-51-55(48)49/h5-8,12-13,16-25H,9-11,14-15,26-29H2,1-4H3,(H-,48,49,54)/p+1. The van der Waals surface area contributed by atoms with Gasteiger partial charge in [-0.1, -0.05) is 97.2 Å². The molecule has 1 N–H and O–H groups in total. The highest BCUT2D eigenvalue weighted by Crippen LogP contribution is 2.51. The summed E-state index contributed by atoms with van der Waals surface area (Å²) in [5, 5.41) is 10.2. The minimum Gasteiger partial charge on any atom is -0.344 e. The molecule has 2 aliphatic heterocycles. The van der Waals surface area contributed by atoms with Gasteiger partial charge in [0.1, 0.15) is 0 Å². The lowest BCUT2D eigenvalue weighted by Gasteiger charge is -2.27. The second-order valence-corrected chi connectivity index (χ2v) is 16.5. The van der Waals surface area contributed by atoms with Crippen molar-refractivity contribution in [3.63, 3.8) is 0 Å².